The van der Waals surface area contributed by atoms with Gasteiger partial charge in [0, 0.05) is 6.54 Å². The predicted octanol–water partition coefficient (Wildman–Crippen LogP) is 5.87. The van der Waals surface area contributed by atoms with Crippen LogP contribution in [-0.2, 0) is 4.57 Å². The number of phosphoric ester groups is 1. The Bertz CT molecular complexity index is 904. The Labute approximate surface area is 183 Å². The van der Waals surface area contributed by atoms with Crippen molar-refractivity contribution in [2.24, 2.45) is 4.99 Å². The molecule has 0 fully saturated rings. The van der Waals surface area contributed by atoms with Crippen molar-refractivity contribution in [3.05, 3.63) is 89.5 Å². The molecule has 0 unspecified atom stereocenters. The van der Waals surface area contributed by atoms with E-state index in [1.165, 1.54) is 0 Å². The van der Waals surface area contributed by atoms with E-state index in [2.05, 4.69) is 10.3 Å². The van der Waals surface area contributed by atoms with Gasteiger partial charge in [-0.3, -0.25) is 4.99 Å². The van der Waals surface area contributed by atoms with E-state index >= 15 is 0 Å². The fourth-order valence-electron chi connectivity index (χ4n) is 2.56. The molecule has 1 aliphatic rings. The van der Waals surface area contributed by atoms with Gasteiger partial charge in [-0.25, -0.2) is 0 Å². The van der Waals surface area contributed by atoms with E-state index in [4.69, 9.17) is 13.6 Å². The highest BCUT2D eigenvalue weighted by atomic mass is 31.2. The molecule has 0 saturated carbocycles. The number of benzene rings is 3. The fraction of sp³-hybridized carbons (Fsp3) is 0.208. The molecule has 7 heteroatoms. The standard InChI is InChI=1S/C21H21O4P.C3H6N2/c1-16-4-10-19(11-5-16)23-26(22,24-20-12-6-17(2)7-13-20)25-21-14-8-18(3)9-15-21;1-2-5-3-4-1/h4-15H,1-3H3;3H,1-2H2,(H,4,5). The first-order valence-corrected chi connectivity index (χ1v) is 11.5. The van der Waals surface area contributed by atoms with E-state index in [1.807, 2.05) is 57.2 Å². The Morgan fingerprint density at radius 1 is 0.677 bits per heavy atom. The largest absolute Gasteiger partial charge is 0.647 e. The fourth-order valence-corrected chi connectivity index (χ4v) is 3.81. The SMILES string of the molecule is C1=NCCN1.Cc1ccc(OP(=O)(Oc2ccc(C)cc2)Oc2ccc(C)cc2)cc1. The summed E-state index contributed by atoms with van der Waals surface area (Å²) in [4.78, 5) is 3.85. The molecule has 6 nitrogen and oxygen atoms in total. The summed E-state index contributed by atoms with van der Waals surface area (Å²) in [5, 5.41) is 2.93. The third kappa shape index (κ3) is 7.50. The van der Waals surface area contributed by atoms with Crippen molar-refractivity contribution in [3.8, 4) is 17.2 Å². The summed E-state index contributed by atoms with van der Waals surface area (Å²) < 4.78 is 30.2. The second-order valence-corrected chi connectivity index (χ2v) is 8.59. The van der Waals surface area contributed by atoms with Gasteiger partial charge in [-0.1, -0.05) is 53.1 Å². The molecule has 0 atom stereocenters. The summed E-state index contributed by atoms with van der Waals surface area (Å²) >= 11 is 0. The zero-order valence-electron chi connectivity index (χ0n) is 17.9. The number of hydrogen-bond acceptors (Lipinski definition) is 6. The van der Waals surface area contributed by atoms with Crippen LogP contribution in [0.25, 0.3) is 0 Å². The molecule has 4 rings (SSSR count). The Balaban J connectivity index is 0.000000478. The topological polar surface area (TPSA) is 69.2 Å². The molecule has 0 saturated heterocycles. The van der Waals surface area contributed by atoms with Gasteiger partial charge in [0.1, 0.15) is 17.2 Å². The average molecular weight is 438 g/mol. The van der Waals surface area contributed by atoms with Crippen LogP contribution in [0.1, 0.15) is 16.7 Å². The Morgan fingerprint density at radius 2 is 1.03 bits per heavy atom. The molecule has 1 aliphatic heterocycles. The molecule has 31 heavy (non-hydrogen) atoms. The van der Waals surface area contributed by atoms with E-state index in [9.17, 15) is 4.57 Å². The molecule has 0 spiro atoms. The monoisotopic (exact) mass is 438 g/mol. The van der Waals surface area contributed by atoms with Gasteiger partial charge in [-0.2, -0.15) is 4.57 Å². The van der Waals surface area contributed by atoms with E-state index in [-0.39, 0.29) is 0 Å². The van der Waals surface area contributed by atoms with E-state index in [0.717, 1.165) is 29.8 Å². The van der Waals surface area contributed by atoms with Crippen LogP contribution in [0.4, 0.5) is 0 Å². The lowest BCUT2D eigenvalue weighted by atomic mass is 10.2. The van der Waals surface area contributed by atoms with Gasteiger partial charge in [-0.05, 0) is 57.2 Å². The number of aliphatic imine (C=N–C) groups is 1. The molecule has 0 bridgehead atoms. The summed E-state index contributed by atoms with van der Waals surface area (Å²) in [7, 11) is -3.93. The van der Waals surface area contributed by atoms with Gasteiger partial charge in [0.05, 0.1) is 12.9 Å². The van der Waals surface area contributed by atoms with Gasteiger partial charge < -0.3 is 18.9 Å². The molecular formula is C24H27N2O4P. The van der Waals surface area contributed by atoms with Crippen LogP contribution in [0.3, 0.4) is 0 Å². The molecule has 1 N–H and O–H groups in total. The van der Waals surface area contributed by atoms with Crippen LogP contribution in [0.15, 0.2) is 77.8 Å². The molecule has 162 valence electrons. The Morgan fingerprint density at radius 3 is 1.26 bits per heavy atom. The van der Waals surface area contributed by atoms with Gasteiger partial charge in [0.25, 0.3) is 0 Å². The molecular weight excluding hydrogens is 411 g/mol. The van der Waals surface area contributed by atoms with Gasteiger partial charge >= 0.3 is 7.82 Å². The quantitative estimate of drug-likeness (QED) is 0.487. The molecule has 0 radical (unpaired) electrons. The average Bonchev–Trinajstić information content (AvgIpc) is 3.34. The summed E-state index contributed by atoms with van der Waals surface area (Å²) in [6.45, 7) is 7.89. The van der Waals surface area contributed by atoms with Crippen LogP contribution in [-0.4, -0.2) is 19.4 Å². The van der Waals surface area contributed by atoms with Crippen molar-refractivity contribution in [2.75, 3.05) is 13.1 Å². The number of aryl methyl sites for hydroxylation is 3. The summed E-state index contributed by atoms with van der Waals surface area (Å²) in [6, 6.07) is 21.6. The van der Waals surface area contributed by atoms with Gasteiger partial charge in [0.15, 0.2) is 0 Å². The van der Waals surface area contributed by atoms with Gasteiger partial charge in [-0.15, -0.1) is 0 Å². The first kappa shape index (κ1) is 22.4. The lowest BCUT2D eigenvalue weighted by Crippen LogP contribution is -2.07. The van der Waals surface area contributed by atoms with Crippen LogP contribution >= 0.6 is 7.82 Å². The number of nitrogens with one attached hydrogen (secondary N) is 1. The van der Waals surface area contributed by atoms with Crippen LogP contribution in [0.5, 0.6) is 17.2 Å². The van der Waals surface area contributed by atoms with Crippen molar-refractivity contribution < 1.29 is 18.1 Å². The highest BCUT2D eigenvalue weighted by molar-refractivity contribution is 7.49. The Kier molecular flexibility index (Phi) is 7.74. The molecule has 3 aromatic rings. The van der Waals surface area contributed by atoms with Crippen molar-refractivity contribution in [1.29, 1.82) is 0 Å². The Hall–Kier alpha value is -3.24. The van der Waals surface area contributed by atoms with E-state index in [1.54, 1.807) is 42.7 Å². The summed E-state index contributed by atoms with van der Waals surface area (Å²) in [6.07, 6.45) is 1.74. The zero-order valence-corrected chi connectivity index (χ0v) is 18.8. The normalized spacial score (nSPS) is 12.4. The number of phosphoric acid groups is 1. The number of hydrogen-bond donors (Lipinski definition) is 1. The van der Waals surface area contributed by atoms with Crippen molar-refractivity contribution in [1.82, 2.24) is 5.32 Å². The minimum Gasteiger partial charge on any atom is -0.386 e. The zero-order chi connectivity index (χ0) is 22.1. The summed E-state index contributed by atoms with van der Waals surface area (Å²) in [5.41, 5.74) is 3.23. The van der Waals surface area contributed by atoms with Crippen molar-refractivity contribution in [3.63, 3.8) is 0 Å². The highest BCUT2D eigenvalue weighted by Crippen LogP contribution is 2.49. The lowest BCUT2D eigenvalue weighted by Gasteiger charge is -2.19. The highest BCUT2D eigenvalue weighted by Gasteiger charge is 2.33. The molecule has 0 aromatic heterocycles. The third-order valence-corrected chi connectivity index (χ3v) is 5.59. The molecule has 3 aromatic carbocycles. The second-order valence-electron chi connectivity index (χ2n) is 7.15. The van der Waals surface area contributed by atoms with E-state index in [0.29, 0.717) is 17.2 Å². The van der Waals surface area contributed by atoms with Gasteiger partial charge in [0.2, 0.25) is 0 Å². The van der Waals surface area contributed by atoms with Crippen LogP contribution in [0.2, 0.25) is 0 Å². The van der Waals surface area contributed by atoms with Crippen LogP contribution < -0.4 is 18.9 Å². The maximum Gasteiger partial charge on any atom is 0.647 e. The number of nitrogens with zero attached hydrogens (tertiary/aromatic N) is 1. The molecule has 1 heterocycles. The van der Waals surface area contributed by atoms with Crippen molar-refractivity contribution in [2.45, 2.75) is 20.8 Å². The maximum atomic E-state index is 13.3. The molecule has 0 amide bonds. The maximum absolute atomic E-state index is 13.3. The first-order valence-electron chi connectivity index (χ1n) is 10.0. The second kappa shape index (κ2) is 10.7. The van der Waals surface area contributed by atoms with Crippen molar-refractivity contribution >= 4 is 14.2 Å². The lowest BCUT2D eigenvalue weighted by molar-refractivity contribution is 0.298. The van der Waals surface area contributed by atoms with E-state index < -0.39 is 7.82 Å². The predicted molar refractivity (Wildman–Crippen MR) is 124 cm³/mol. The number of rotatable bonds is 6. The summed E-state index contributed by atoms with van der Waals surface area (Å²) in [5.74, 6) is 1.24. The smallest absolute Gasteiger partial charge is 0.386 e. The third-order valence-electron chi connectivity index (χ3n) is 4.28. The minimum absolute atomic E-state index is 0.415. The minimum atomic E-state index is -3.93. The first-order chi connectivity index (χ1) is 14.9. The van der Waals surface area contributed by atoms with Crippen LogP contribution in [0, 0.1) is 20.8 Å². The molecule has 0 aliphatic carbocycles.